The lowest BCUT2D eigenvalue weighted by molar-refractivity contribution is -0.137. The molecule has 1 aromatic carbocycles. The molecule has 0 aliphatic carbocycles. The molecule has 2 unspecified atom stereocenters. The largest absolute Gasteiger partial charge is 0.393 e. The Balaban J connectivity index is 0.000000480. The van der Waals surface area contributed by atoms with Gasteiger partial charge in [-0.15, -0.1) is 0 Å². The highest BCUT2D eigenvalue weighted by atomic mass is 16.2. The number of benzene rings is 1. The SMILES string of the molecule is CC(C)C.CC1CC(C#N)N(C(=O)CN(C)C(=O)/C(N)=C/N(N)c2ccccn2)C1.O=CNc1ccccc1. The molecular formula is C28H40N8O3. The Bertz CT molecular complexity index is 1100. The fourth-order valence-corrected chi connectivity index (χ4v) is 3.41. The van der Waals surface area contributed by atoms with Crippen molar-refractivity contribution in [2.24, 2.45) is 23.4 Å². The second-order valence-electron chi connectivity index (χ2n) is 9.73. The van der Waals surface area contributed by atoms with Gasteiger partial charge in [-0.2, -0.15) is 5.26 Å². The number of amides is 3. The summed E-state index contributed by atoms with van der Waals surface area (Å²) >= 11 is 0. The average Bonchev–Trinajstić information content (AvgIpc) is 3.30. The summed E-state index contributed by atoms with van der Waals surface area (Å²) in [6, 6.07) is 16.1. The van der Waals surface area contributed by atoms with Crippen LogP contribution in [0.3, 0.4) is 0 Å². The summed E-state index contributed by atoms with van der Waals surface area (Å²) in [6.45, 7) is 8.84. The fourth-order valence-electron chi connectivity index (χ4n) is 3.41. The van der Waals surface area contributed by atoms with Gasteiger partial charge in [0.1, 0.15) is 17.6 Å². The van der Waals surface area contributed by atoms with E-state index in [0.29, 0.717) is 25.2 Å². The minimum Gasteiger partial charge on any atom is -0.393 e. The highest BCUT2D eigenvalue weighted by molar-refractivity contribution is 5.95. The van der Waals surface area contributed by atoms with E-state index in [-0.39, 0.29) is 24.1 Å². The molecule has 0 radical (unpaired) electrons. The standard InChI is InChI=1S/C17H23N7O2.C7H7NO.C4H10/c1-12-7-13(8-18)23(9-12)16(25)11-22(2)17(26)14(19)10-24(20)15-5-3-4-6-21-15;9-6-8-7-4-2-1-3-5-7;1-4(2)3/h3-6,10,12-13H,7,9,11,19-20H2,1-2H3;1-6H,(H,8,9);4H,1-3H3/b14-10-;;. The average molecular weight is 537 g/mol. The van der Waals surface area contributed by atoms with Crippen LogP contribution < -0.4 is 21.9 Å². The Morgan fingerprint density at radius 1 is 1.21 bits per heavy atom. The van der Waals surface area contributed by atoms with Crippen LogP contribution >= 0.6 is 0 Å². The number of nitrogens with zero attached hydrogens (tertiary/aromatic N) is 5. The van der Waals surface area contributed by atoms with Gasteiger partial charge in [0, 0.05) is 25.5 Å². The zero-order chi connectivity index (χ0) is 29.4. The first kappa shape index (κ1) is 32.6. The van der Waals surface area contributed by atoms with Crippen LogP contribution in [0, 0.1) is 23.2 Å². The van der Waals surface area contributed by atoms with E-state index in [4.69, 9.17) is 16.8 Å². The first-order chi connectivity index (χ1) is 18.5. The van der Waals surface area contributed by atoms with Gasteiger partial charge in [-0.1, -0.05) is 52.0 Å². The van der Waals surface area contributed by atoms with Crippen LogP contribution in [-0.4, -0.2) is 59.2 Å². The number of hydrogen-bond acceptors (Lipinski definition) is 8. The molecular weight excluding hydrogens is 496 g/mol. The number of rotatable bonds is 7. The number of hydrazine groups is 1. The Kier molecular flexibility index (Phi) is 14.3. The minimum atomic E-state index is -0.537. The molecule has 1 aliphatic rings. The molecule has 210 valence electrons. The summed E-state index contributed by atoms with van der Waals surface area (Å²) in [5, 5.41) is 12.8. The van der Waals surface area contributed by atoms with Gasteiger partial charge < -0.3 is 20.9 Å². The molecule has 39 heavy (non-hydrogen) atoms. The topological polar surface area (TPSA) is 162 Å². The first-order valence-corrected chi connectivity index (χ1v) is 12.6. The number of aromatic nitrogens is 1. The fraction of sp³-hybridized carbons (Fsp3) is 0.393. The maximum absolute atomic E-state index is 12.4. The molecule has 5 N–H and O–H groups in total. The van der Waals surface area contributed by atoms with Crippen molar-refractivity contribution in [3.05, 3.63) is 66.6 Å². The molecule has 1 fully saturated rings. The van der Waals surface area contributed by atoms with Crippen molar-refractivity contribution in [2.45, 2.75) is 40.2 Å². The molecule has 0 bridgehead atoms. The molecule has 1 saturated heterocycles. The second-order valence-corrected chi connectivity index (χ2v) is 9.73. The predicted octanol–water partition coefficient (Wildman–Crippen LogP) is 2.70. The van der Waals surface area contributed by atoms with Gasteiger partial charge >= 0.3 is 0 Å². The Morgan fingerprint density at radius 2 is 1.82 bits per heavy atom. The summed E-state index contributed by atoms with van der Waals surface area (Å²) in [5.41, 5.74) is 6.51. The molecule has 0 spiro atoms. The minimum absolute atomic E-state index is 0.125. The molecule has 2 aromatic rings. The van der Waals surface area contributed by atoms with Gasteiger partial charge in [0.15, 0.2) is 0 Å². The maximum atomic E-state index is 12.4. The van der Waals surface area contributed by atoms with E-state index in [1.807, 2.05) is 37.3 Å². The quantitative estimate of drug-likeness (QED) is 0.211. The molecule has 2 atom stereocenters. The van der Waals surface area contributed by atoms with Crippen molar-refractivity contribution in [1.82, 2.24) is 14.8 Å². The summed E-state index contributed by atoms with van der Waals surface area (Å²) < 4.78 is 0. The van der Waals surface area contributed by atoms with Crippen molar-refractivity contribution in [1.29, 1.82) is 5.26 Å². The van der Waals surface area contributed by atoms with Gasteiger partial charge in [-0.25, -0.2) is 10.8 Å². The summed E-state index contributed by atoms with van der Waals surface area (Å²) in [4.78, 5) is 41.4. The van der Waals surface area contributed by atoms with Crippen LogP contribution in [0.15, 0.2) is 66.6 Å². The third-order valence-corrected chi connectivity index (χ3v) is 5.14. The van der Waals surface area contributed by atoms with Crippen molar-refractivity contribution < 1.29 is 14.4 Å². The number of carbonyl (C=O) groups excluding carboxylic acids is 3. The number of likely N-dealkylation sites (tertiary alicyclic amines) is 1. The Hall–Kier alpha value is -4.43. The van der Waals surface area contributed by atoms with E-state index in [0.717, 1.165) is 16.6 Å². The molecule has 1 aromatic heterocycles. The number of hydrogen-bond donors (Lipinski definition) is 3. The van der Waals surface area contributed by atoms with Crippen LogP contribution in [0.1, 0.15) is 34.1 Å². The first-order valence-electron chi connectivity index (χ1n) is 12.6. The van der Waals surface area contributed by atoms with E-state index in [1.165, 1.54) is 23.0 Å². The molecule has 11 nitrogen and oxygen atoms in total. The van der Waals surface area contributed by atoms with E-state index in [1.54, 1.807) is 24.4 Å². The van der Waals surface area contributed by atoms with Crippen LogP contribution in [0.4, 0.5) is 11.5 Å². The number of carbonyl (C=O) groups is 3. The number of para-hydroxylation sites is 1. The van der Waals surface area contributed by atoms with E-state index >= 15 is 0 Å². The zero-order valence-corrected chi connectivity index (χ0v) is 23.3. The monoisotopic (exact) mass is 536 g/mol. The zero-order valence-electron chi connectivity index (χ0n) is 23.3. The van der Waals surface area contributed by atoms with E-state index < -0.39 is 11.9 Å². The number of likely N-dealkylation sites (N-methyl/N-ethyl adjacent to an activating group) is 1. The molecule has 2 heterocycles. The Labute approximate surface area is 231 Å². The van der Waals surface area contributed by atoms with Gasteiger partial charge in [-0.3, -0.25) is 19.4 Å². The highest BCUT2D eigenvalue weighted by Crippen LogP contribution is 2.22. The molecule has 1 aliphatic heterocycles. The normalized spacial score (nSPS) is 16.1. The summed E-state index contributed by atoms with van der Waals surface area (Å²) in [5.74, 6) is 6.52. The van der Waals surface area contributed by atoms with E-state index in [2.05, 4.69) is 37.1 Å². The lowest BCUT2D eigenvalue weighted by Crippen LogP contribution is -2.44. The van der Waals surface area contributed by atoms with Crippen LogP contribution in [0.25, 0.3) is 0 Å². The van der Waals surface area contributed by atoms with E-state index in [9.17, 15) is 14.4 Å². The highest BCUT2D eigenvalue weighted by Gasteiger charge is 2.33. The Morgan fingerprint density at radius 3 is 2.36 bits per heavy atom. The number of pyridine rings is 1. The van der Waals surface area contributed by atoms with Crippen molar-refractivity contribution in [2.75, 3.05) is 30.5 Å². The summed E-state index contributed by atoms with van der Waals surface area (Å²) in [7, 11) is 1.48. The number of anilines is 2. The third-order valence-electron chi connectivity index (χ3n) is 5.14. The third kappa shape index (κ3) is 12.1. The van der Waals surface area contributed by atoms with Crippen LogP contribution in [0.2, 0.25) is 0 Å². The van der Waals surface area contributed by atoms with Crippen molar-refractivity contribution >= 4 is 29.7 Å². The lowest BCUT2D eigenvalue weighted by atomic mass is 10.1. The van der Waals surface area contributed by atoms with Gasteiger partial charge in [0.2, 0.25) is 12.3 Å². The van der Waals surface area contributed by atoms with Gasteiger partial charge in [-0.05, 0) is 42.5 Å². The van der Waals surface area contributed by atoms with Gasteiger partial charge in [0.05, 0.1) is 18.8 Å². The lowest BCUT2D eigenvalue weighted by Gasteiger charge is -2.24. The second kappa shape index (κ2) is 17.1. The summed E-state index contributed by atoms with van der Waals surface area (Å²) in [6.07, 6.45) is 4.12. The molecule has 0 saturated carbocycles. The molecule has 11 heteroatoms. The molecule has 3 amide bonds. The maximum Gasteiger partial charge on any atom is 0.271 e. The van der Waals surface area contributed by atoms with Crippen LogP contribution in [0.5, 0.6) is 0 Å². The van der Waals surface area contributed by atoms with Crippen LogP contribution in [-0.2, 0) is 14.4 Å². The van der Waals surface area contributed by atoms with Gasteiger partial charge in [0.25, 0.3) is 5.91 Å². The number of nitrogens with two attached hydrogens (primary N) is 2. The smallest absolute Gasteiger partial charge is 0.271 e. The number of nitrogens with one attached hydrogen (secondary N) is 1. The van der Waals surface area contributed by atoms with Crippen molar-refractivity contribution in [3.63, 3.8) is 0 Å². The number of nitriles is 1. The van der Waals surface area contributed by atoms with Crippen molar-refractivity contribution in [3.8, 4) is 6.07 Å². The molecule has 3 rings (SSSR count). The predicted molar refractivity (Wildman–Crippen MR) is 152 cm³/mol.